The molecule has 1 amide bonds. The van der Waals surface area contributed by atoms with Gasteiger partial charge in [-0.3, -0.25) is 14.3 Å². The number of Topliss-reactive ketones (excluding diaryl/α,β-unsaturated/α-hetero) is 1. The minimum absolute atomic E-state index is 0.0980. The second-order valence-corrected chi connectivity index (χ2v) is 12.9. The molecule has 0 aliphatic carbocycles. The van der Waals surface area contributed by atoms with Crippen LogP contribution in [0.3, 0.4) is 0 Å². The van der Waals surface area contributed by atoms with Crippen molar-refractivity contribution in [2.45, 2.75) is 38.6 Å². The van der Waals surface area contributed by atoms with Crippen molar-refractivity contribution < 1.29 is 27.5 Å². The van der Waals surface area contributed by atoms with Gasteiger partial charge in [0.25, 0.3) is 11.7 Å². The highest BCUT2D eigenvalue weighted by molar-refractivity contribution is 7.92. The van der Waals surface area contributed by atoms with E-state index in [2.05, 4.69) is 20.7 Å². The number of nitrogens with one attached hydrogen (secondary N) is 4. The van der Waals surface area contributed by atoms with Crippen LogP contribution in [0, 0.1) is 0 Å². The van der Waals surface area contributed by atoms with Gasteiger partial charge in [-0.25, -0.2) is 8.42 Å². The average Bonchev–Trinajstić information content (AvgIpc) is 2.92. The van der Waals surface area contributed by atoms with Gasteiger partial charge in [0.1, 0.15) is 5.75 Å². The number of amides is 1. The summed E-state index contributed by atoms with van der Waals surface area (Å²) in [5.41, 5.74) is 0.914. The molecule has 1 aliphatic heterocycles. The predicted molar refractivity (Wildman–Crippen MR) is 162 cm³/mol. The number of anilines is 2. The molecule has 3 aromatic carbocycles. The third-order valence-electron chi connectivity index (χ3n) is 6.89. The van der Waals surface area contributed by atoms with Gasteiger partial charge in [-0.2, -0.15) is 0 Å². The van der Waals surface area contributed by atoms with Crippen LogP contribution in [-0.2, 0) is 20.2 Å². The average molecular weight is 583 g/mol. The summed E-state index contributed by atoms with van der Waals surface area (Å²) in [4.78, 5) is 26.8. The number of piperazine rings is 1. The maximum absolute atomic E-state index is 13.5. The normalized spacial score (nSPS) is 15.8. The fraction of sp³-hybridized carbons (Fsp3) is 0.400. The number of hydrogen-bond donors (Lipinski definition) is 4. The van der Waals surface area contributed by atoms with Crippen molar-refractivity contribution in [3.63, 3.8) is 0 Å². The van der Waals surface area contributed by atoms with Crippen molar-refractivity contribution in [2.75, 3.05) is 49.6 Å². The molecule has 1 aliphatic rings. The number of sulfonamides is 1. The number of carbonyl (C=O) groups excluding carboxylic acids is 2. The van der Waals surface area contributed by atoms with Crippen LogP contribution in [-0.4, -0.2) is 65.8 Å². The van der Waals surface area contributed by atoms with E-state index in [-0.39, 0.29) is 28.1 Å². The van der Waals surface area contributed by atoms with Crippen molar-refractivity contribution in [2.24, 2.45) is 0 Å². The lowest BCUT2D eigenvalue weighted by atomic mass is 9.86. The van der Waals surface area contributed by atoms with E-state index >= 15 is 0 Å². The summed E-state index contributed by atoms with van der Waals surface area (Å²) in [5.74, 6) is -0.890. The Bertz CT molecular complexity index is 1540. The molecule has 4 rings (SSSR count). The Morgan fingerprint density at radius 1 is 1.02 bits per heavy atom. The summed E-state index contributed by atoms with van der Waals surface area (Å²) >= 11 is 0. The Kier molecular flexibility index (Phi) is 9.21. The second-order valence-electron chi connectivity index (χ2n) is 11.2. The van der Waals surface area contributed by atoms with E-state index in [0.717, 1.165) is 43.3 Å². The van der Waals surface area contributed by atoms with Crippen LogP contribution in [0.15, 0.2) is 48.5 Å². The summed E-state index contributed by atoms with van der Waals surface area (Å²) in [6, 6.07) is 14.3. The van der Waals surface area contributed by atoms with Gasteiger partial charge in [0.2, 0.25) is 10.0 Å². The van der Waals surface area contributed by atoms with Crippen molar-refractivity contribution in [1.82, 2.24) is 10.6 Å². The number of methoxy groups -OCH3 is 1. The molecule has 3 aromatic rings. The van der Waals surface area contributed by atoms with Crippen molar-refractivity contribution in [3.05, 3.63) is 59.7 Å². The van der Waals surface area contributed by atoms with Crippen LogP contribution in [0.1, 0.15) is 43.1 Å². The first-order chi connectivity index (χ1) is 19.4. The topological polar surface area (TPSA) is 135 Å². The van der Waals surface area contributed by atoms with Gasteiger partial charge < -0.3 is 25.4 Å². The molecule has 41 heavy (non-hydrogen) atoms. The SMILES string of the molecule is COc1c(NC(=O)C(=O)c2ccc(OCCC3CNCCN3)c3ccccc23)cc(C(C)(C)C)cc1NS(C)(=O)=O. The maximum Gasteiger partial charge on any atom is 0.296 e. The lowest BCUT2D eigenvalue weighted by Crippen LogP contribution is -2.48. The third kappa shape index (κ3) is 7.55. The fourth-order valence-corrected chi connectivity index (χ4v) is 5.33. The van der Waals surface area contributed by atoms with Crippen molar-refractivity contribution in [3.8, 4) is 11.5 Å². The van der Waals surface area contributed by atoms with E-state index < -0.39 is 21.7 Å². The van der Waals surface area contributed by atoms with Crippen LogP contribution in [0.2, 0.25) is 0 Å². The van der Waals surface area contributed by atoms with E-state index in [4.69, 9.17) is 9.47 Å². The number of ether oxygens (including phenoxy) is 2. The van der Waals surface area contributed by atoms with Gasteiger partial charge in [0, 0.05) is 36.6 Å². The van der Waals surface area contributed by atoms with E-state index in [9.17, 15) is 18.0 Å². The molecule has 1 heterocycles. The minimum atomic E-state index is -3.65. The predicted octanol–water partition coefficient (Wildman–Crippen LogP) is 3.67. The Morgan fingerprint density at radius 2 is 1.73 bits per heavy atom. The fourth-order valence-electron chi connectivity index (χ4n) is 4.78. The lowest BCUT2D eigenvalue weighted by molar-refractivity contribution is -0.112. The summed E-state index contributed by atoms with van der Waals surface area (Å²) in [6.07, 6.45) is 1.86. The van der Waals surface area contributed by atoms with Crippen LogP contribution < -0.4 is 30.1 Å². The van der Waals surface area contributed by atoms with Gasteiger partial charge in [0.05, 0.1) is 31.3 Å². The summed E-state index contributed by atoms with van der Waals surface area (Å²) in [5, 5.41) is 10.8. The van der Waals surface area contributed by atoms with E-state index in [0.29, 0.717) is 23.8 Å². The number of carbonyl (C=O) groups is 2. The second kappa shape index (κ2) is 12.5. The van der Waals surface area contributed by atoms with E-state index in [1.807, 2.05) is 32.9 Å². The third-order valence-corrected chi connectivity index (χ3v) is 7.48. The van der Waals surface area contributed by atoms with Gasteiger partial charge in [-0.05, 0) is 47.1 Å². The largest absolute Gasteiger partial charge is 0.493 e. The molecule has 1 atom stereocenters. The molecule has 1 fully saturated rings. The first kappa shape index (κ1) is 30.3. The lowest BCUT2D eigenvalue weighted by Gasteiger charge is -2.24. The molecular formula is C30H38N4O6S. The van der Waals surface area contributed by atoms with Gasteiger partial charge in [-0.1, -0.05) is 45.0 Å². The molecule has 1 saturated heterocycles. The van der Waals surface area contributed by atoms with Crippen molar-refractivity contribution in [1.29, 1.82) is 0 Å². The van der Waals surface area contributed by atoms with Crippen LogP contribution in [0.4, 0.5) is 11.4 Å². The monoisotopic (exact) mass is 582 g/mol. The van der Waals surface area contributed by atoms with Gasteiger partial charge >= 0.3 is 0 Å². The molecule has 11 heteroatoms. The molecule has 0 spiro atoms. The first-order valence-corrected chi connectivity index (χ1v) is 15.4. The molecule has 1 unspecified atom stereocenters. The Balaban J connectivity index is 1.61. The Morgan fingerprint density at radius 3 is 2.37 bits per heavy atom. The maximum atomic E-state index is 13.5. The van der Waals surface area contributed by atoms with E-state index in [1.54, 1.807) is 36.4 Å². The molecule has 4 N–H and O–H groups in total. The molecular weight excluding hydrogens is 544 g/mol. The summed E-state index contributed by atoms with van der Waals surface area (Å²) in [6.45, 7) is 9.14. The molecule has 10 nitrogen and oxygen atoms in total. The van der Waals surface area contributed by atoms with Crippen LogP contribution in [0.25, 0.3) is 10.8 Å². The smallest absolute Gasteiger partial charge is 0.296 e. The molecule has 220 valence electrons. The minimum Gasteiger partial charge on any atom is -0.493 e. The number of rotatable bonds is 10. The number of ketones is 1. The number of hydrogen-bond acceptors (Lipinski definition) is 8. The molecule has 0 bridgehead atoms. The molecule has 0 saturated carbocycles. The van der Waals surface area contributed by atoms with Crippen LogP contribution >= 0.6 is 0 Å². The first-order valence-electron chi connectivity index (χ1n) is 13.5. The quantitative estimate of drug-likeness (QED) is 0.210. The molecule has 0 radical (unpaired) electrons. The zero-order chi connectivity index (χ0) is 29.8. The standard InChI is InChI=1S/C30H38N4O6S/c1-30(2,3)19-16-24(28(39-4)25(17-19)34-41(5,37)38)33-29(36)27(35)23-10-11-26(22-9-7-6-8-21(22)23)40-15-12-20-18-31-13-14-32-20/h6-11,16-17,20,31-32,34H,12-15,18H2,1-5H3,(H,33,36). The number of benzene rings is 3. The Labute approximate surface area is 241 Å². The zero-order valence-corrected chi connectivity index (χ0v) is 24.9. The van der Waals surface area contributed by atoms with Crippen molar-refractivity contribution >= 4 is 43.9 Å². The zero-order valence-electron chi connectivity index (χ0n) is 24.1. The highest BCUT2D eigenvalue weighted by Crippen LogP contribution is 2.39. The highest BCUT2D eigenvalue weighted by atomic mass is 32.2. The van der Waals surface area contributed by atoms with Gasteiger partial charge in [-0.15, -0.1) is 0 Å². The summed E-state index contributed by atoms with van der Waals surface area (Å²) < 4.78 is 38.1. The van der Waals surface area contributed by atoms with Crippen LogP contribution in [0.5, 0.6) is 11.5 Å². The summed E-state index contributed by atoms with van der Waals surface area (Å²) in [7, 11) is -2.28. The number of fused-ring (bicyclic) bond motifs is 1. The highest BCUT2D eigenvalue weighted by Gasteiger charge is 2.25. The van der Waals surface area contributed by atoms with Gasteiger partial charge in [0.15, 0.2) is 5.75 Å². The Hall–Kier alpha value is -3.67. The van der Waals surface area contributed by atoms with E-state index in [1.165, 1.54) is 7.11 Å². The molecule has 0 aromatic heterocycles.